The lowest BCUT2D eigenvalue weighted by Gasteiger charge is -2.25. The number of aromatic nitrogens is 4. The van der Waals surface area contributed by atoms with Crippen LogP contribution in [0.25, 0.3) is 95.4 Å². The van der Waals surface area contributed by atoms with Crippen molar-refractivity contribution in [2.45, 2.75) is 38.0 Å². The average molecular weight is 808 g/mol. The molecule has 0 amide bonds. The van der Waals surface area contributed by atoms with Gasteiger partial charge in [-0.3, -0.25) is 9.47 Å². The van der Waals surface area contributed by atoms with Gasteiger partial charge in [0.25, 0.3) is 0 Å². The van der Waals surface area contributed by atoms with Gasteiger partial charge in [-0.05, 0) is 113 Å². The van der Waals surface area contributed by atoms with Crippen LogP contribution in [0.3, 0.4) is 0 Å². The van der Waals surface area contributed by atoms with Gasteiger partial charge in [0.1, 0.15) is 5.82 Å². The average Bonchev–Trinajstić information content (AvgIpc) is 4.00. The van der Waals surface area contributed by atoms with Crippen LogP contribution in [0.2, 0.25) is 0 Å². The van der Waals surface area contributed by atoms with Gasteiger partial charge in [-0.2, -0.15) is 4.98 Å². The third kappa shape index (κ3) is 5.05. The topological polar surface area (TPSA) is 38.9 Å². The number of nitrogens with zero attached hydrogens (tertiary/aromatic N) is 5. The molecule has 4 aliphatic rings. The van der Waals surface area contributed by atoms with E-state index in [4.69, 9.17) is 9.97 Å². The molecule has 0 saturated heterocycles. The summed E-state index contributed by atoms with van der Waals surface area (Å²) in [5.41, 5.74) is 13.4. The van der Waals surface area contributed by atoms with Crippen molar-refractivity contribution in [1.82, 2.24) is 19.1 Å². The molecule has 63 heavy (non-hydrogen) atoms. The number of hydrogen-bond donors (Lipinski definition) is 0. The van der Waals surface area contributed by atoms with Gasteiger partial charge >= 0.3 is 0 Å². The third-order valence-electron chi connectivity index (χ3n) is 14.2. The number of aryl methyl sites for hydroxylation is 1. The first-order chi connectivity index (χ1) is 31.3. The second-order valence-electron chi connectivity index (χ2n) is 17.5. The van der Waals surface area contributed by atoms with E-state index in [2.05, 4.69) is 196 Å². The smallest absolute Gasteiger partial charge is 0.237 e. The molecule has 3 aromatic heterocycles. The largest absolute Gasteiger partial charge is 0.313 e. The van der Waals surface area contributed by atoms with Crippen molar-refractivity contribution < 1.29 is 0 Å². The molecule has 0 radical (unpaired) electrons. The number of para-hydroxylation sites is 4. The number of benzene rings is 7. The van der Waals surface area contributed by atoms with Crippen LogP contribution < -0.4 is 15.5 Å². The molecule has 1 atom stereocenters. The minimum absolute atomic E-state index is 0.284. The fourth-order valence-corrected chi connectivity index (χ4v) is 11.4. The van der Waals surface area contributed by atoms with Gasteiger partial charge in [-0.15, -0.1) is 0 Å². The van der Waals surface area contributed by atoms with Crippen LogP contribution in [0.4, 0.5) is 11.5 Å². The van der Waals surface area contributed by atoms with Gasteiger partial charge in [0.05, 0.1) is 27.9 Å². The summed E-state index contributed by atoms with van der Waals surface area (Å²) in [5, 5.41) is 11.6. The van der Waals surface area contributed by atoms with Crippen LogP contribution >= 0.6 is 0 Å². The Balaban J connectivity index is 0.992. The van der Waals surface area contributed by atoms with Crippen molar-refractivity contribution in [2.75, 3.05) is 4.90 Å². The van der Waals surface area contributed by atoms with Crippen molar-refractivity contribution in [3.05, 3.63) is 197 Å². The van der Waals surface area contributed by atoms with E-state index in [-0.39, 0.29) is 5.92 Å². The van der Waals surface area contributed by atoms with Gasteiger partial charge in [0.2, 0.25) is 5.95 Å². The van der Waals surface area contributed by atoms with Gasteiger partial charge < -0.3 is 4.57 Å². The maximum Gasteiger partial charge on any atom is 0.237 e. The molecule has 14 rings (SSSR count). The number of anilines is 2. The normalized spacial score (nSPS) is 16.4. The zero-order valence-corrected chi connectivity index (χ0v) is 34.7. The Morgan fingerprint density at radius 3 is 2.08 bits per heavy atom. The first-order valence-corrected chi connectivity index (χ1v) is 22.4. The van der Waals surface area contributed by atoms with Crippen LogP contribution in [-0.2, 0) is 6.42 Å². The van der Waals surface area contributed by atoms with Crippen LogP contribution in [0.1, 0.15) is 48.3 Å². The molecule has 0 fully saturated rings. The lowest BCUT2D eigenvalue weighted by atomic mass is 9.85. The van der Waals surface area contributed by atoms with Crippen LogP contribution in [-0.4, -0.2) is 19.1 Å². The predicted molar refractivity (Wildman–Crippen MR) is 262 cm³/mol. The van der Waals surface area contributed by atoms with E-state index in [1.165, 1.54) is 87.6 Å². The van der Waals surface area contributed by atoms with E-state index in [0.717, 1.165) is 60.2 Å². The minimum Gasteiger partial charge on any atom is -0.313 e. The van der Waals surface area contributed by atoms with E-state index < -0.39 is 0 Å². The SMILES string of the molecule is C1=CCC2C(=C1)N(c1cc(-c3ccc4c5c(c6ccccc6c4c3)C=C(n3c4c(c6ccccc63)=CCCC=4)CC5)nc(-n3c4ccccc4c4ccccc43)n1)c1ccccc12. The summed E-state index contributed by atoms with van der Waals surface area (Å²) in [6.07, 6.45) is 19.2. The van der Waals surface area contributed by atoms with E-state index in [1.54, 1.807) is 0 Å². The Labute approximate surface area is 364 Å². The van der Waals surface area contributed by atoms with Crippen LogP contribution in [0.15, 0.2) is 170 Å². The fraction of sp³-hybridized carbons (Fsp3) is 0.103. The number of fused-ring (bicyclic) bond motifs is 15. The highest BCUT2D eigenvalue weighted by Gasteiger charge is 2.36. The summed E-state index contributed by atoms with van der Waals surface area (Å²) in [4.78, 5) is 13.4. The Morgan fingerprint density at radius 2 is 1.25 bits per heavy atom. The molecule has 0 spiro atoms. The van der Waals surface area contributed by atoms with Crippen molar-refractivity contribution in [2.24, 2.45) is 0 Å². The second-order valence-corrected chi connectivity index (χ2v) is 17.5. The van der Waals surface area contributed by atoms with Gasteiger partial charge in [0.15, 0.2) is 0 Å². The molecule has 1 aliphatic heterocycles. The Hall–Kier alpha value is -7.76. The van der Waals surface area contributed by atoms with E-state index in [9.17, 15) is 0 Å². The molecule has 298 valence electrons. The van der Waals surface area contributed by atoms with Crippen LogP contribution in [0, 0.1) is 0 Å². The number of hydrogen-bond acceptors (Lipinski definition) is 3. The molecule has 1 unspecified atom stereocenters. The van der Waals surface area contributed by atoms with E-state index >= 15 is 0 Å². The highest BCUT2D eigenvalue weighted by Crippen LogP contribution is 2.51. The lowest BCUT2D eigenvalue weighted by Crippen LogP contribution is -2.31. The maximum atomic E-state index is 5.52. The Bertz CT molecular complexity index is 3800. The van der Waals surface area contributed by atoms with Crippen molar-refractivity contribution in [3.8, 4) is 17.2 Å². The number of allylic oxidation sites excluding steroid dienone is 5. The highest BCUT2D eigenvalue weighted by atomic mass is 15.3. The first kappa shape index (κ1) is 34.9. The maximum absolute atomic E-state index is 5.52. The molecule has 10 aromatic rings. The summed E-state index contributed by atoms with van der Waals surface area (Å²) in [7, 11) is 0. The van der Waals surface area contributed by atoms with E-state index in [0.29, 0.717) is 5.95 Å². The van der Waals surface area contributed by atoms with Crippen molar-refractivity contribution in [1.29, 1.82) is 0 Å². The molecular formula is C58H41N5. The summed E-state index contributed by atoms with van der Waals surface area (Å²) < 4.78 is 4.80. The van der Waals surface area contributed by atoms with Gasteiger partial charge in [-0.25, -0.2) is 4.98 Å². The monoisotopic (exact) mass is 807 g/mol. The van der Waals surface area contributed by atoms with Crippen molar-refractivity contribution in [3.63, 3.8) is 0 Å². The number of rotatable bonds is 4. The molecule has 3 aliphatic carbocycles. The Kier molecular flexibility index (Phi) is 7.41. The molecule has 0 saturated carbocycles. The molecule has 4 heterocycles. The lowest BCUT2D eigenvalue weighted by molar-refractivity contribution is 0.815. The summed E-state index contributed by atoms with van der Waals surface area (Å²) in [6.45, 7) is 0. The third-order valence-corrected chi connectivity index (χ3v) is 14.2. The quantitative estimate of drug-likeness (QED) is 0.166. The molecule has 0 bridgehead atoms. The zero-order valence-electron chi connectivity index (χ0n) is 34.7. The summed E-state index contributed by atoms with van der Waals surface area (Å²) in [6, 6.07) is 53.3. The standard InChI is InChI=1S/C58H41N5/c1-2-16-39-38(15-1)48-33-36(29-31-40(48)41-32-30-37(34-49(39)41)61-51-23-9-3-17-42(51)43-18-4-10-24-52(43)61)50-35-57(62-53-25-11-5-19-44(53)45-20-6-12-26-54(45)62)60-58(59-50)63-55-27-13-7-21-46(55)47-22-8-14-28-56(47)63/h1-3,5-9,11-19,21-29,31,33-35,45H,4,10,20,30,32H2. The second kappa shape index (κ2) is 13.4. The van der Waals surface area contributed by atoms with E-state index in [1.807, 2.05) is 0 Å². The van der Waals surface area contributed by atoms with Gasteiger partial charge in [0, 0.05) is 55.7 Å². The first-order valence-electron chi connectivity index (χ1n) is 22.4. The predicted octanol–water partition coefficient (Wildman–Crippen LogP) is 12.9. The minimum atomic E-state index is 0.284. The fourth-order valence-electron chi connectivity index (χ4n) is 11.4. The molecule has 0 N–H and O–H groups in total. The van der Waals surface area contributed by atoms with Crippen molar-refractivity contribution >= 4 is 89.7 Å². The summed E-state index contributed by atoms with van der Waals surface area (Å²) >= 11 is 0. The zero-order chi connectivity index (χ0) is 41.2. The molecule has 7 aromatic carbocycles. The Morgan fingerprint density at radius 1 is 0.556 bits per heavy atom. The van der Waals surface area contributed by atoms with Gasteiger partial charge in [-0.1, -0.05) is 133 Å². The molecule has 5 heteroatoms. The molecular weight excluding hydrogens is 767 g/mol. The van der Waals surface area contributed by atoms with Crippen LogP contribution in [0.5, 0.6) is 0 Å². The summed E-state index contributed by atoms with van der Waals surface area (Å²) in [5.74, 6) is 1.82. The molecule has 5 nitrogen and oxygen atoms in total. The highest BCUT2D eigenvalue weighted by molar-refractivity contribution is 6.15.